The number of sulfonamides is 1. The SMILES string of the molecule is CC[C@H](C)NC(=O)[C@H](C)N(Cc1c(Cl)cccc1Cl)C(=O)CN(c1cccc(OC)c1)S(=O)(=O)c1ccc(C)cc1. The van der Waals surface area contributed by atoms with Gasteiger partial charge in [-0.2, -0.15) is 0 Å². The summed E-state index contributed by atoms with van der Waals surface area (Å²) >= 11 is 12.9. The van der Waals surface area contributed by atoms with Crippen LogP contribution in [0.1, 0.15) is 38.3 Å². The van der Waals surface area contributed by atoms with Gasteiger partial charge < -0.3 is 15.0 Å². The van der Waals surface area contributed by atoms with E-state index in [4.69, 9.17) is 27.9 Å². The molecule has 41 heavy (non-hydrogen) atoms. The van der Waals surface area contributed by atoms with Gasteiger partial charge in [0, 0.05) is 34.3 Å². The van der Waals surface area contributed by atoms with Crippen LogP contribution in [0.2, 0.25) is 10.0 Å². The van der Waals surface area contributed by atoms with Gasteiger partial charge in [0.25, 0.3) is 10.0 Å². The van der Waals surface area contributed by atoms with E-state index in [0.717, 1.165) is 9.87 Å². The van der Waals surface area contributed by atoms with Gasteiger partial charge in [0.2, 0.25) is 11.8 Å². The van der Waals surface area contributed by atoms with E-state index in [1.807, 2.05) is 20.8 Å². The number of aryl methyl sites for hydroxylation is 1. The van der Waals surface area contributed by atoms with Crippen molar-refractivity contribution in [2.24, 2.45) is 0 Å². The van der Waals surface area contributed by atoms with Crippen LogP contribution in [0.25, 0.3) is 0 Å². The van der Waals surface area contributed by atoms with Gasteiger partial charge in [-0.05, 0) is 63.6 Å². The summed E-state index contributed by atoms with van der Waals surface area (Å²) in [5.41, 5.74) is 1.56. The lowest BCUT2D eigenvalue weighted by Gasteiger charge is -2.33. The lowest BCUT2D eigenvalue weighted by Crippen LogP contribution is -2.52. The zero-order valence-corrected chi connectivity index (χ0v) is 26.1. The van der Waals surface area contributed by atoms with Crippen LogP contribution in [-0.4, -0.2) is 50.9 Å². The lowest BCUT2D eigenvalue weighted by atomic mass is 10.1. The number of nitrogens with one attached hydrogen (secondary N) is 1. The molecule has 0 radical (unpaired) electrons. The molecule has 0 spiro atoms. The number of hydrogen-bond acceptors (Lipinski definition) is 5. The van der Waals surface area contributed by atoms with E-state index in [9.17, 15) is 18.0 Å². The highest BCUT2D eigenvalue weighted by Crippen LogP contribution is 2.29. The van der Waals surface area contributed by atoms with Gasteiger partial charge in [-0.15, -0.1) is 0 Å². The summed E-state index contributed by atoms with van der Waals surface area (Å²) in [7, 11) is -2.74. The molecule has 0 heterocycles. The highest BCUT2D eigenvalue weighted by atomic mass is 35.5. The number of hydrogen-bond donors (Lipinski definition) is 1. The Morgan fingerprint density at radius 3 is 2.17 bits per heavy atom. The number of halogens is 2. The van der Waals surface area contributed by atoms with Crippen LogP contribution >= 0.6 is 23.2 Å². The van der Waals surface area contributed by atoms with E-state index < -0.39 is 28.5 Å². The van der Waals surface area contributed by atoms with Crippen molar-refractivity contribution in [2.75, 3.05) is 18.0 Å². The van der Waals surface area contributed by atoms with Crippen LogP contribution in [0.3, 0.4) is 0 Å². The summed E-state index contributed by atoms with van der Waals surface area (Å²) in [6, 6.07) is 16.7. The van der Waals surface area contributed by atoms with Gasteiger partial charge >= 0.3 is 0 Å². The van der Waals surface area contributed by atoms with Crippen molar-refractivity contribution in [3.8, 4) is 5.75 Å². The summed E-state index contributed by atoms with van der Waals surface area (Å²) in [5.74, 6) is -0.587. The van der Waals surface area contributed by atoms with Crippen molar-refractivity contribution < 1.29 is 22.7 Å². The molecule has 0 fully saturated rings. The van der Waals surface area contributed by atoms with Crippen molar-refractivity contribution >= 4 is 50.7 Å². The molecule has 3 rings (SSSR count). The third kappa shape index (κ3) is 7.93. The van der Waals surface area contributed by atoms with Gasteiger partial charge in [-0.25, -0.2) is 8.42 Å². The first-order valence-corrected chi connectivity index (χ1v) is 15.3. The second-order valence-electron chi connectivity index (χ2n) is 9.74. The van der Waals surface area contributed by atoms with Crippen LogP contribution in [-0.2, 0) is 26.2 Å². The van der Waals surface area contributed by atoms with Gasteiger partial charge in [-0.3, -0.25) is 13.9 Å². The number of carbonyl (C=O) groups is 2. The Morgan fingerprint density at radius 1 is 0.976 bits per heavy atom. The predicted molar refractivity (Wildman–Crippen MR) is 163 cm³/mol. The molecule has 0 aliphatic rings. The molecule has 3 aromatic carbocycles. The molecular formula is C30H35Cl2N3O5S. The molecule has 11 heteroatoms. The molecule has 0 bridgehead atoms. The van der Waals surface area contributed by atoms with Crippen LogP contribution in [0.4, 0.5) is 5.69 Å². The highest BCUT2D eigenvalue weighted by molar-refractivity contribution is 7.92. The van der Waals surface area contributed by atoms with Crippen LogP contribution in [0, 0.1) is 6.92 Å². The maximum atomic E-state index is 14.1. The highest BCUT2D eigenvalue weighted by Gasteiger charge is 2.33. The predicted octanol–water partition coefficient (Wildman–Crippen LogP) is 5.84. The molecule has 3 aromatic rings. The molecule has 1 N–H and O–H groups in total. The minimum absolute atomic E-state index is 0.0157. The molecule has 2 atom stereocenters. The van der Waals surface area contributed by atoms with E-state index in [1.165, 1.54) is 30.2 Å². The number of carbonyl (C=O) groups excluding carboxylic acids is 2. The topological polar surface area (TPSA) is 96.0 Å². The Hall–Kier alpha value is -3.27. The molecule has 220 valence electrons. The minimum Gasteiger partial charge on any atom is -0.497 e. The Balaban J connectivity index is 2.08. The number of nitrogens with zero attached hydrogens (tertiary/aromatic N) is 2. The molecule has 0 saturated heterocycles. The van der Waals surface area contributed by atoms with Crippen molar-refractivity contribution in [2.45, 2.75) is 57.6 Å². The summed E-state index contributed by atoms with van der Waals surface area (Å²) in [6.45, 7) is 6.54. The van der Waals surface area contributed by atoms with Gasteiger partial charge in [0.1, 0.15) is 18.3 Å². The summed E-state index contributed by atoms with van der Waals surface area (Å²) in [5, 5.41) is 3.54. The van der Waals surface area contributed by atoms with Gasteiger partial charge in [-0.1, -0.05) is 60.0 Å². The zero-order valence-electron chi connectivity index (χ0n) is 23.7. The molecular weight excluding hydrogens is 585 g/mol. The fraction of sp³-hybridized carbons (Fsp3) is 0.333. The molecule has 0 aromatic heterocycles. The fourth-order valence-corrected chi connectivity index (χ4v) is 5.96. The molecule has 8 nitrogen and oxygen atoms in total. The standard InChI is InChI=1S/C30H35Cl2N3O5S/c1-6-21(3)33-30(37)22(4)34(18-26-27(31)11-8-12-28(26)32)29(36)19-35(23-9-7-10-24(17-23)40-5)41(38,39)25-15-13-20(2)14-16-25/h7-17,21-22H,6,18-19H2,1-5H3,(H,33,37)/t21-,22-/m0/s1. The third-order valence-corrected chi connectivity index (χ3v) is 9.28. The van der Waals surface area contributed by atoms with E-state index in [0.29, 0.717) is 27.8 Å². The maximum absolute atomic E-state index is 14.1. The molecule has 0 aliphatic heterocycles. The van der Waals surface area contributed by atoms with Gasteiger partial charge in [0.15, 0.2) is 0 Å². The number of anilines is 1. The number of rotatable bonds is 12. The van der Waals surface area contributed by atoms with Crippen LogP contribution in [0.5, 0.6) is 5.75 Å². The van der Waals surface area contributed by atoms with Crippen molar-refractivity contribution in [3.05, 3.63) is 87.9 Å². The fourth-order valence-electron chi connectivity index (χ4n) is 4.03. The van der Waals surface area contributed by atoms with Crippen molar-refractivity contribution in [1.29, 1.82) is 0 Å². The van der Waals surface area contributed by atoms with E-state index >= 15 is 0 Å². The summed E-state index contributed by atoms with van der Waals surface area (Å²) < 4.78 is 34.2. The summed E-state index contributed by atoms with van der Waals surface area (Å²) in [4.78, 5) is 28.6. The maximum Gasteiger partial charge on any atom is 0.264 e. The first-order valence-electron chi connectivity index (χ1n) is 13.1. The molecule has 0 saturated carbocycles. The second kappa shape index (κ2) is 14.1. The Bertz CT molecular complexity index is 1460. The average molecular weight is 621 g/mol. The number of benzene rings is 3. The Kier molecular flexibility index (Phi) is 11.1. The quantitative estimate of drug-likeness (QED) is 0.275. The van der Waals surface area contributed by atoms with Crippen LogP contribution in [0.15, 0.2) is 71.6 Å². The molecule has 2 amide bonds. The van der Waals surface area contributed by atoms with Crippen LogP contribution < -0.4 is 14.4 Å². The molecule has 0 unspecified atom stereocenters. The minimum atomic E-state index is -4.20. The second-order valence-corrected chi connectivity index (χ2v) is 12.4. The zero-order chi connectivity index (χ0) is 30.3. The number of amides is 2. The Labute approximate surface area is 252 Å². The summed E-state index contributed by atoms with van der Waals surface area (Å²) in [6.07, 6.45) is 0.696. The van der Waals surface area contributed by atoms with E-state index in [-0.39, 0.29) is 29.1 Å². The van der Waals surface area contributed by atoms with Crippen molar-refractivity contribution in [1.82, 2.24) is 10.2 Å². The largest absolute Gasteiger partial charge is 0.497 e. The van der Waals surface area contributed by atoms with Gasteiger partial charge in [0.05, 0.1) is 17.7 Å². The molecule has 0 aliphatic carbocycles. The number of ether oxygens (including phenoxy) is 1. The normalized spacial score (nSPS) is 12.8. The first kappa shape index (κ1) is 32.2. The number of methoxy groups -OCH3 is 1. The average Bonchev–Trinajstić information content (AvgIpc) is 2.95. The Morgan fingerprint density at radius 2 is 1.59 bits per heavy atom. The monoisotopic (exact) mass is 619 g/mol. The lowest BCUT2D eigenvalue weighted by molar-refractivity contribution is -0.139. The first-order chi connectivity index (χ1) is 19.4. The smallest absolute Gasteiger partial charge is 0.264 e. The third-order valence-electron chi connectivity index (χ3n) is 6.79. The van der Waals surface area contributed by atoms with E-state index in [1.54, 1.807) is 55.5 Å². The van der Waals surface area contributed by atoms with E-state index in [2.05, 4.69) is 5.32 Å². The van der Waals surface area contributed by atoms with Crippen molar-refractivity contribution in [3.63, 3.8) is 0 Å².